The van der Waals surface area contributed by atoms with Gasteiger partial charge in [-0.05, 0) is 12.6 Å². The van der Waals surface area contributed by atoms with Crippen molar-refractivity contribution in [1.82, 2.24) is 5.32 Å². The molecule has 0 aliphatic carbocycles. The van der Waals surface area contributed by atoms with Gasteiger partial charge in [0.15, 0.2) is 0 Å². The zero-order chi connectivity index (χ0) is 10.5. The van der Waals surface area contributed by atoms with Crippen molar-refractivity contribution in [3.05, 3.63) is 35.9 Å². The Morgan fingerprint density at radius 1 is 1.40 bits per heavy atom. The average molecular weight is 223 g/mol. The molecule has 3 heteroatoms. The minimum Gasteiger partial charge on any atom is -0.379 e. The minimum atomic E-state index is 0.455. The predicted molar refractivity (Wildman–Crippen MR) is 65.3 cm³/mol. The van der Waals surface area contributed by atoms with Gasteiger partial charge < -0.3 is 10.1 Å². The summed E-state index contributed by atoms with van der Waals surface area (Å²) in [6.45, 7) is 1.85. The van der Waals surface area contributed by atoms with Crippen LogP contribution in [0.3, 0.4) is 0 Å². The van der Waals surface area contributed by atoms with Gasteiger partial charge in [0.2, 0.25) is 0 Å². The molecule has 0 spiro atoms. The zero-order valence-corrected chi connectivity index (χ0v) is 9.80. The maximum absolute atomic E-state index is 5.17. The summed E-state index contributed by atoms with van der Waals surface area (Å²) in [6.07, 6.45) is 0. The van der Waals surface area contributed by atoms with Gasteiger partial charge >= 0.3 is 0 Å². The Morgan fingerprint density at radius 2 is 2.13 bits per heavy atom. The Balaban J connectivity index is 1.86. The van der Waals surface area contributed by atoms with Crippen LogP contribution in [-0.4, -0.2) is 31.3 Å². The average Bonchev–Trinajstić information content (AvgIpc) is 2.23. The highest BCUT2D eigenvalue weighted by molar-refractivity contribution is 8.00. The van der Waals surface area contributed by atoms with Crippen LogP contribution >= 0.6 is 11.8 Å². The Bertz CT molecular complexity index is 287. The molecular weight excluding hydrogens is 206 g/mol. The van der Waals surface area contributed by atoms with Crippen molar-refractivity contribution in [2.24, 2.45) is 0 Å². The van der Waals surface area contributed by atoms with Crippen molar-refractivity contribution in [1.29, 1.82) is 0 Å². The zero-order valence-electron chi connectivity index (χ0n) is 8.98. The van der Waals surface area contributed by atoms with Gasteiger partial charge in [-0.1, -0.05) is 30.3 Å². The van der Waals surface area contributed by atoms with Gasteiger partial charge in [0.05, 0.1) is 18.5 Å². The third kappa shape index (κ3) is 2.97. The first-order valence-electron chi connectivity index (χ1n) is 5.31. The first-order chi connectivity index (χ1) is 7.40. The summed E-state index contributed by atoms with van der Waals surface area (Å²) in [6, 6.07) is 11.1. The van der Waals surface area contributed by atoms with Gasteiger partial charge in [-0.25, -0.2) is 0 Å². The minimum absolute atomic E-state index is 0.455. The topological polar surface area (TPSA) is 21.3 Å². The smallest absolute Gasteiger partial charge is 0.0607 e. The molecule has 15 heavy (non-hydrogen) atoms. The summed E-state index contributed by atoms with van der Waals surface area (Å²) < 4.78 is 5.17. The fraction of sp³-hybridized carbons (Fsp3) is 0.500. The fourth-order valence-corrected chi connectivity index (χ4v) is 2.78. The number of thioether (sulfide) groups is 1. The number of nitrogens with one attached hydrogen (secondary N) is 1. The van der Waals surface area contributed by atoms with E-state index >= 15 is 0 Å². The van der Waals surface area contributed by atoms with Crippen LogP contribution in [0.4, 0.5) is 0 Å². The molecular formula is C12H17NOS. The lowest BCUT2D eigenvalue weighted by Gasteiger charge is -2.27. The Hall–Kier alpha value is -0.510. The third-order valence-electron chi connectivity index (χ3n) is 2.66. The van der Waals surface area contributed by atoms with Crippen LogP contribution < -0.4 is 5.32 Å². The normalized spacial score (nSPS) is 18.5. The van der Waals surface area contributed by atoms with E-state index in [9.17, 15) is 0 Å². The summed E-state index contributed by atoms with van der Waals surface area (Å²) in [5.41, 5.74) is 1.37. The molecule has 1 aliphatic heterocycles. The molecule has 0 bridgehead atoms. The van der Waals surface area contributed by atoms with Gasteiger partial charge in [0.1, 0.15) is 0 Å². The molecule has 1 aromatic rings. The summed E-state index contributed by atoms with van der Waals surface area (Å²) in [5, 5.41) is 4.07. The number of hydrogen-bond acceptors (Lipinski definition) is 3. The molecule has 1 fully saturated rings. The molecule has 1 aromatic carbocycles. The molecule has 82 valence electrons. The lowest BCUT2D eigenvalue weighted by molar-refractivity contribution is 0.0455. The number of hydrogen-bond donors (Lipinski definition) is 1. The molecule has 2 rings (SSSR count). The second-order valence-electron chi connectivity index (χ2n) is 3.74. The van der Waals surface area contributed by atoms with E-state index in [1.165, 1.54) is 5.56 Å². The number of ether oxygens (including phenoxy) is 1. The van der Waals surface area contributed by atoms with Crippen LogP contribution in [0, 0.1) is 0 Å². The van der Waals surface area contributed by atoms with Crippen molar-refractivity contribution in [3.8, 4) is 0 Å². The highest BCUT2D eigenvalue weighted by atomic mass is 32.2. The van der Waals surface area contributed by atoms with Gasteiger partial charge in [0, 0.05) is 11.8 Å². The van der Waals surface area contributed by atoms with Gasteiger partial charge in [-0.2, -0.15) is 11.8 Å². The van der Waals surface area contributed by atoms with Gasteiger partial charge in [-0.15, -0.1) is 0 Å². The maximum Gasteiger partial charge on any atom is 0.0607 e. The Morgan fingerprint density at radius 3 is 2.67 bits per heavy atom. The van der Waals surface area contributed by atoms with E-state index in [4.69, 9.17) is 4.74 Å². The summed E-state index contributed by atoms with van der Waals surface area (Å²) in [7, 11) is 2.02. The predicted octanol–water partition coefficient (Wildman–Crippen LogP) is 2.08. The van der Waals surface area contributed by atoms with E-state index in [0.29, 0.717) is 11.3 Å². The first kappa shape index (κ1) is 11.0. The SMILES string of the molecule is CNC(CSC1COC1)c1ccccc1. The first-order valence-corrected chi connectivity index (χ1v) is 6.36. The summed E-state index contributed by atoms with van der Waals surface area (Å²) >= 11 is 2.00. The van der Waals surface area contributed by atoms with Crippen molar-refractivity contribution >= 4 is 11.8 Å². The lowest BCUT2D eigenvalue weighted by Crippen LogP contribution is -2.32. The molecule has 1 aliphatic rings. The Kier molecular flexibility index (Phi) is 4.06. The quantitative estimate of drug-likeness (QED) is 0.826. The van der Waals surface area contributed by atoms with E-state index < -0.39 is 0 Å². The number of benzene rings is 1. The van der Waals surface area contributed by atoms with E-state index in [2.05, 4.69) is 35.6 Å². The molecule has 2 nitrogen and oxygen atoms in total. The fourth-order valence-electron chi connectivity index (χ4n) is 1.57. The van der Waals surface area contributed by atoms with Crippen LogP contribution in [0.1, 0.15) is 11.6 Å². The highest BCUT2D eigenvalue weighted by Crippen LogP contribution is 2.24. The van der Waals surface area contributed by atoms with Gasteiger partial charge in [-0.3, -0.25) is 0 Å². The standard InChI is InChI=1S/C12H17NOS/c1-13-12(9-15-11-7-14-8-11)10-5-3-2-4-6-10/h2-6,11-13H,7-9H2,1H3. The van der Waals surface area contributed by atoms with E-state index in [0.717, 1.165) is 19.0 Å². The molecule has 0 saturated carbocycles. The monoisotopic (exact) mass is 223 g/mol. The van der Waals surface area contributed by atoms with Crippen molar-refractivity contribution < 1.29 is 4.74 Å². The molecule has 0 radical (unpaired) electrons. The summed E-state index contributed by atoms with van der Waals surface area (Å²) in [5.74, 6) is 1.12. The van der Waals surface area contributed by atoms with Crippen molar-refractivity contribution in [3.63, 3.8) is 0 Å². The maximum atomic E-state index is 5.17. The van der Waals surface area contributed by atoms with E-state index in [-0.39, 0.29) is 0 Å². The molecule has 1 N–H and O–H groups in total. The number of rotatable bonds is 5. The van der Waals surface area contributed by atoms with Crippen LogP contribution in [-0.2, 0) is 4.74 Å². The van der Waals surface area contributed by atoms with Crippen molar-refractivity contribution in [2.45, 2.75) is 11.3 Å². The van der Waals surface area contributed by atoms with Crippen molar-refractivity contribution in [2.75, 3.05) is 26.0 Å². The molecule has 1 saturated heterocycles. The second-order valence-corrected chi connectivity index (χ2v) is 5.08. The Labute approximate surface area is 95.4 Å². The van der Waals surface area contributed by atoms with E-state index in [1.807, 2.05) is 18.8 Å². The largest absolute Gasteiger partial charge is 0.379 e. The molecule has 1 atom stereocenters. The third-order valence-corrected chi connectivity index (χ3v) is 3.93. The van der Waals surface area contributed by atoms with E-state index in [1.54, 1.807) is 0 Å². The van der Waals surface area contributed by atoms with Crippen LogP contribution in [0.15, 0.2) is 30.3 Å². The van der Waals surface area contributed by atoms with Crippen LogP contribution in [0.25, 0.3) is 0 Å². The second kappa shape index (κ2) is 5.54. The molecule has 1 unspecified atom stereocenters. The molecule has 0 amide bonds. The highest BCUT2D eigenvalue weighted by Gasteiger charge is 2.20. The van der Waals surface area contributed by atoms with Crippen LogP contribution in [0.5, 0.6) is 0 Å². The molecule has 0 aromatic heterocycles. The lowest BCUT2D eigenvalue weighted by atomic mass is 10.1. The molecule has 1 heterocycles. The van der Waals surface area contributed by atoms with Gasteiger partial charge in [0.25, 0.3) is 0 Å². The van der Waals surface area contributed by atoms with Crippen LogP contribution in [0.2, 0.25) is 0 Å². The summed E-state index contributed by atoms with van der Waals surface area (Å²) in [4.78, 5) is 0.